The Bertz CT molecular complexity index is 944. The summed E-state index contributed by atoms with van der Waals surface area (Å²) in [6, 6.07) is 11.1. The molecule has 1 aromatic carbocycles. The molecule has 1 atom stereocenters. The van der Waals surface area contributed by atoms with Crippen LogP contribution in [-0.4, -0.2) is 54.0 Å². The van der Waals surface area contributed by atoms with Crippen LogP contribution in [0.15, 0.2) is 45.3 Å². The second-order valence-corrected chi connectivity index (χ2v) is 6.91. The SMILES string of the molecule is Cc1cc(NC(=O)CN(C)CC(=O)N(C)C(C)c2cc3ccccc3o2)no1. The molecule has 0 spiro atoms. The number of para-hydroxylation sites is 1. The Kier molecular flexibility index (Phi) is 5.79. The maximum Gasteiger partial charge on any atom is 0.239 e. The lowest BCUT2D eigenvalue weighted by Crippen LogP contribution is -2.40. The summed E-state index contributed by atoms with van der Waals surface area (Å²) >= 11 is 0. The van der Waals surface area contributed by atoms with Crippen molar-refractivity contribution in [1.82, 2.24) is 15.0 Å². The molecule has 1 unspecified atom stereocenters. The topological polar surface area (TPSA) is 91.8 Å². The summed E-state index contributed by atoms with van der Waals surface area (Å²) in [4.78, 5) is 27.9. The number of carbonyl (C=O) groups excluding carboxylic acids is 2. The normalized spacial score (nSPS) is 12.3. The van der Waals surface area contributed by atoms with Gasteiger partial charge in [-0.05, 0) is 33.0 Å². The fourth-order valence-electron chi connectivity index (χ4n) is 2.87. The lowest BCUT2D eigenvalue weighted by Gasteiger charge is -2.25. The highest BCUT2D eigenvalue weighted by atomic mass is 16.5. The van der Waals surface area contributed by atoms with E-state index in [4.69, 9.17) is 8.94 Å². The van der Waals surface area contributed by atoms with Gasteiger partial charge in [0.15, 0.2) is 5.82 Å². The average Bonchev–Trinajstić information content (AvgIpc) is 3.25. The molecule has 0 aliphatic carbocycles. The number of aryl methyl sites for hydroxylation is 1. The van der Waals surface area contributed by atoms with Crippen LogP contribution < -0.4 is 5.32 Å². The number of furan rings is 1. The maximum absolute atomic E-state index is 12.6. The van der Waals surface area contributed by atoms with Gasteiger partial charge >= 0.3 is 0 Å². The average molecular weight is 384 g/mol. The van der Waals surface area contributed by atoms with Crippen LogP contribution in [0.4, 0.5) is 5.82 Å². The van der Waals surface area contributed by atoms with E-state index in [1.165, 1.54) is 0 Å². The summed E-state index contributed by atoms with van der Waals surface area (Å²) in [6.45, 7) is 3.82. The van der Waals surface area contributed by atoms with E-state index in [0.29, 0.717) is 11.6 Å². The standard InChI is InChI=1S/C20H24N4O4/c1-13-9-18(22-28-13)21-19(25)11-23(3)12-20(26)24(4)14(2)17-10-15-7-5-6-8-16(15)27-17/h5-10,14H,11-12H2,1-4H3,(H,21,22,25). The molecule has 3 rings (SSSR count). The number of anilines is 1. The first-order valence-electron chi connectivity index (χ1n) is 8.99. The number of rotatable bonds is 7. The summed E-state index contributed by atoms with van der Waals surface area (Å²) in [5.41, 5.74) is 0.794. The second kappa shape index (κ2) is 8.26. The molecule has 8 nitrogen and oxygen atoms in total. The fourth-order valence-corrected chi connectivity index (χ4v) is 2.87. The first-order valence-corrected chi connectivity index (χ1v) is 8.99. The van der Waals surface area contributed by atoms with Crippen molar-refractivity contribution in [3.63, 3.8) is 0 Å². The molecule has 0 fully saturated rings. The van der Waals surface area contributed by atoms with Crippen molar-refractivity contribution < 1.29 is 18.5 Å². The van der Waals surface area contributed by atoms with Gasteiger partial charge in [0.2, 0.25) is 11.8 Å². The number of aromatic nitrogens is 1. The van der Waals surface area contributed by atoms with Crippen LogP contribution in [0, 0.1) is 6.92 Å². The summed E-state index contributed by atoms with van der Waals surface area (Å²) in [7, 11) is 3.44. The smallest absolute Gasteiger partial charge is 0.239 e. The van der Waals surface area contributed by atoms with Gasteiger partial charge in [0, 0.05) is 18.5 Å². The van der Waals surface area contributed by atoms with Gasteiger partial charge in [-0.25, -0.2) is 0 Å². The van der Waals surface area contributed by atoms with Gasteiger partial charge in [-0.2, -0.15) is 0 Å². The van der Waals surface area contributed by atoms with Gasteiger partial charge in [0.05, 0.1) is 19.1 Å². The van der Waals surface area contributed by atoms with Crippen molar-refractivity contribution in [2.45, 2.75) is 19.9 Å². The molecule has 0 radical (unpaired) electrons. The van der Waals surface area contributed by atoms with Gasteiger partial charge in [-0.3, -0.25) is 14.5 Å². The third kappa shape index (κ3) is 4.58. The van der Waals surface area contributed by atoms with Crippen molar-refractivity contribution in [3.05, 3.63) is 47.9 Å². The van der Waals surface area contributed by atoms with E-state index >= 15 is 0 Å². The Hall–Kier alpha value is -3.13. The minimum absolute atomic E-state index is 0.0600. The molecular formula is C20H24N4O4. The predicted octanol–water partition coefficient (Wildman–Crippen LogP) is 2.82. The highest BCUT2D eigenvalue weighted by molar-refractivity contribution is 5.91. The van der Waals surface area contributed by atoms with Crippen molar-refractivity contribution in [2.75, 3.05) is 32.5 Å². The lowest BCUT2D eigenvalue weighted by molar-refractivity contribution is -0.133. The fraction of sp³-hybridized carbons (Fsp3) is 0.350. The van der Waals surface area contributed by atoms with E-state index in [9.17, 15) is 9.59 Å². The molecule has 0 bridgehead atoms. The number of likely N-dealkylation sites (N-methyl/N-ethyl adjacent to an activating group) is 2. The van der Waals surface area contributed by atoms with Crippen molar-refractivity contribution in [3.8, 4) is 0 Å². The molecule has 0 saturated carbocycles. The van der Waals surface area contributed by atoms with Gasteiger partial charge < -0.3 is 19.2 Å². The van der Waals surface area contributed by atoms with Crippen LogP contribution >= 0.6 is 0 Å². The van der Waals surface area contributed by atoms with Crippen molar-refractivity contribution in [2.24, 2.45) is 0 Å². The van der Waals surface area contributed by atoms with Gasteiger partial charge in [0.1, 0.15) is 17.1 Å². The number of fused-ring (bicyclic) bond motifs is 1. The first kappa shape index (κ1) is 19.6. The lowest BCUT2D eigenvalue weighted by atomic mass is 10.2. The van der Waals surface area contributed by atoms with Crippen LogP contribution in [0.25, 0.3) is 11.0 Å². The van der Waals surface area contributed by atoms with Gasteiger partial charge in [-0.1, -0.05) is 23.4 Å². The molecule has 8 heteroatoms. The number of nitrogens with one attached hydrogen (secondary N) is 1. The Morgan fingerprint density at radius 2 is 1.93 bits per heavy atom. The molecule has 1 N–H and O–H groups in total. The molecule has 2 heterocycles. The van der Waals surface area contributed by atoms with Gasteiger partial charge in [0.25, 0.3) is 0 Å². The number of hydrogen-bond donors (Lipinski definition) is 1. The Balaban J connectivity index is 1.54. The minimum Gasteiger partial charge on any atom is -0.459 e. The van der Waals surface area contributed by atoms with E-state index in [0.717, 1.165) is 16.7 Å². The third-order valence-electron chi connectivity index (χ3n) is 4.54. The zero-order chi connectivity index (χ0) is 20.3. The molecule has 2 amide bonds. The zero-order valence-electron chi connectivity index (χ0n) is 16.4. The van der Waals surface area contributed by atoms with E-state index in [1.54, 1.807) is 36.9 Å². The summed E-state index contributed by atoms with van der Waals surface area (Å²) in [5.74, 6) is 1.31. The van der Waals surface area contributed by atoms with Crippen LogP contribution in [0.3, 0.4) is 0 Å². The minimum atomic E-state index is -0.267. The van der Waals surface area contributed by atoms with Gasteiger partial charge in [-0.15, -0.1) is 0 Å². The molecule has 148 valence electrons. The van der Waals surface area contributed by atoms with E-state index < -0.39 is 0 Å². The van der Waals surface area contributed by atoms with E-state index in [-0.39, 0.29) is 30.9 Å². The summed E-state index contributed by atoms with van der Waals surface area (Å²) in [5, 5.41) is 7.35. The third-order valence-corrected chi connectivity index (χ3v) is 4.54. The monoisotopic (exact) mass is 384 g/mol. The Morgan fingerprint density at radius 3 is 2.61 bits per heavy atom. The van der Waals surface area contributed by atoms with Crippen LogP contribution in [0.1, 0.15) is 24.5 Å². The number of nitrogens with zero attached hydrogens (tertiary/aromatic N) is 3. The molecule has 2 aromatic heterocycles. The Labute approximate surface area is 163 Å². The predicted molar refractivity (Wildman–Crippen MR) is 105 cm³/mol. The van der Waals surface area contributed by atoms with Crippen LogP contribution in [0.5, 0.6) is 0 Å². The van der Waals surface area contributed by atoms with Crippen molar-refractivity contribution in [1.29, 1.82) is 0 Å². The van der Waals surface area contributed by atoms with E-state index in [1.807, 2.05) is 37.3 Å². The van der Waals surface area contributed by atoms with Crippen LogP contribution in [-0.2, 0) is 9.59 Å². The summed E-state index contributed by atoms with van der Waals surface area (Å²) in [6.07, 6.45) is 0. The van der Waals surface area contributed by atoms with E-state index in [2.05, 4.69) is 10.5 Å². The summed E-state index contributed by atoms with van der Waals surface area (Å²) < 4.78 is 10.8. The molecular weight excluding hydrogens is 360 g/mol. The zero-order valence-corrected chi connectivity index (χ0v) is 16.4. The maximum atomic E-state index is 12.6. The number of carbonyl (C=O) groups is 2. The second-order valence-electron chi connectivity index (χ2n) is 6.91. The number of hydrogen-bond acceptors (Lipinski definition) is 6. The number of amides is 2. The molecule has 3 aromatic rings. The first-order chi connectivity index (χ1) is 13.3. The molecule has 28 heavy (non-hydrogen) atoms. The molecule has 0 saturated heterocycles. The molecule has 0 aliphatic heterocycles. The number of benzene rings is 1. The Morgan fingerprint density at radius 1 is 1.18 bits per heavy atom. The van der Waals surface area contributed by atoms with Crippen LogP contribution in [0.2, 0.25) is 0 Å². The highest BCUT2D eigenvalue weighted by Crippen LogP contribution is 2.26. The quantitative estimate of drug-likeness (QED) is 0.673. The highest BCUT2D eigenvalue weighted by Gasteiger charge is 2.22. The largest absolute Gasteiger partial charge is 0.459 e. The van der Waals surface area contributed by atoms with Crippen molar-refractivity contribution >= 4 is 28.6 Å². The molecule has 0 aliphatic rings.